The van der Waals surface area contributed by atoms with E-state index in [0.29, 0.717) is 13.2 Å². The lowest BCUT2D eigenvalue weighted by Crippen LogP contribution is -2.18. The molecule has 0 aliphatic carbocycles. The van der Waals surface area contributed by atoms with Crippen molar-refractivity contribution in [3.8, 4) is 0 Å². The molecule has 0 saturated heterocycles. The van der Waals surface area contributed by atoms with Gasteiger partial charge in [0.1, 0.15) is 0 Å². The summed E-state index contributed by atoms with van der Waals surface area (Å²) in [6.07, 6.45) is -0.361. The summed E-state index contributed by atoms with van der Waals surface area (Å²) in [5, 5.41) is 8.31. The van der Waals surface area contributed by atoms with Crippen molar-refractivity contribution >= 4 is 15.8 Å². The van der Waals surface area contributed by atoms with E-state index in [1.54, 1.807) is 0 Å². The Morgan fingerprint density at radius 3 is 2.40 bits per heavy atom. The number of hydrogen-bond donors (Lipinski definition) is 1. The van der Waals surface area contributed by atoms with Crippen molar-refractivity contribution in [1.82, 2.24) is 0 Å². The number of methoxy groups -OCH3 is 1. The number of carboxylic acid groups (broad SMARTS) is 1. The molecule has 0 aromatic heterocycles. The standard InChI is InChI=1S/C8H16O6S/c1-13-3-4-14-5-7-15(11,12)6-2-8(9)10/h2-7H2,1H3,(H,9,10). The third kappa shape index (κ3) is 9.64. The molecule has 7 heteroatoms. The minimum absolute atomic E-state index is 0.0747. The number of sulfone groups is 1. The Labute approximate surface area is 89.1 Å². The van der Waals surface area contributed by atoms with Gasteiger partial charge in [-0.3, -0.25) is 4.79 Å². The fourth-order valence-corrected chi connectivity index (χ4v) is 1.84. The Kier molecular flexibility index (Phi) is 7.27. The Hall–Kier alpha value is -0.660. The fourth-order valence-electron chi connectivity index (χ4n) is 0.775. The molecule has 1 N–H and O–H groups in total. The van der Waals surface area contributed by atoms with Gasteiger partial charge in [0.25, 0.3) is 0 Å². The molecule has 0 aromatic carbocycles. The normalized spacial score (nSPS) is 11.5. The van der Waals surface area contributed by atoms with Crippen LogP contribution in [0, 0.1) is 0 Å². The molecule has 90 valence electrons. The van der Waals surface area contributed by atoms with Gasteiger partial charge in [-0.1, -0.05) is 0 Å². The van der Waals surface area contributed by atoms with E-state index >= 15 is 0 Å². The van der Waals surface area contributed by atoms with Crippen LogP contribution in [0.1, 0.15) is 6.42 Å². The highest BCUT2D eigenvalue weighted by Crippen LogP contribution is 1.94. The topological polar surface area (TPSA) is 89.9 Å². The average molecular weight is 240 g/mol. The minimum atomic E-state index is -3.31. The van der Waals surface area contributed by atoms with Crippen LogP contribution in [-0.2, 0) is 24.1 Å². The van der Waals surface area contributed by atoms with Gasteiger partial charge in [-0.15, -0.1) is 0 Å². The van der Waals surface area contributed by atoms with Crippen molar-refractivity contribution < 1.29 is 27.8 Å². The molecule has 0 aromatic rings. The van der Waals surface area contributed by atoms with Crippen molar-refractivity contribution in [2.24, 2.45) is 0 Å². The maximum absolute atomic E-state index is 11.2. The lowest BCUT2D eigenvalue weighted by Gasteiger charge is -2.04. The molecule has 0 rings (SSSR count). The molecule has 0 heterocycles. The van der Waals surface area contributed by atoms with Crippen molar-refractivity contribution in [2.75, 3.05) is 38.4 Å². The van der Waals surface area contributed by atoms with Crippen LogP contribution < -0.4 is 0 Å². The summed E-state index contributed by atoms with van der Waals surface area (Å²) >= 11 is 0. The van der Waals surface area contributed by atoms with Crippen LogP contribution in [0.15, 0.2) is 0 Å². The van der Waals surface area contributed by atoms with Gasteiger partial charge < -0.3 is 14.6 Å². The summed E-state index contributed by atoms with van der Waals surface area (Å²) in [6.45, 7) is 0.825. The first kappa shape index (κ1) is 14.3. The number of carbonyl (C=O) groups is 1. The highest BCUT2D eigenvalue weighted by atomic mass is 32.2. The number of aliphatic carboxylic acids is 1. The predicted octanol–water partition coefficient (Wildman–Crippen LogP) is -0.461. The van der Waals surface area contributed by atoms with E-state index in [4.69, 9.17) is 14.6 Å². The molecule has 6 nitrogen and oxygen atoms in total. The number of ether oxygens (including phenoxy) is 2. The van der Waals surface area contributed by atoms with Gasteiger partial charge in [0.05, 0.1) is 37.7 Å². The zero-order valence-electron chi connectivity index (χ0n) is 8.64. The number of rotatable bonds is 9. The van der Waals surface area contributed by atoms with Crippen LogP contribution in [0.3, 0.4) is 0 Å². The Bertz CT molecular complexity index is 271. The van der Waals surface area contributed by atoms with E-state index in [-0.39, 0.29) is 24.5 Å². The van der Waals surface area contributed by atoms with E-state index < -0.39 is 15.8 Å². The molecule has 0 saturated carbocycles. The predicted molar refractivity (Wildman–Crippen MR) is 53.6 cm³/mol. The Balaban J connectivity index is 3.61. The number of hydrogen-bond acceptors (Lipinski definition) is 5. The van der Waals surface area contributed by atoms with Crippen LogP contribution in [0.25, 0.3) is 0 Å². The first-order valence-corrected chi connectivity index (χ1v) is 6.29. The van der Waals surface area contributed by atoms with E-state index in [9.17, 15) is 13.2 Å². The molecule has 0 aliphatic heterocycles. The summed E-state index contributed by atoms with van der Waals surface area (Å²) in [6, 6.07) is 0. The second-order valence-electron chi connectivity index (χ2n) is 2.90. The van der Waals surface area contributed by atoms with Crippen molar-refractivity contribution in [3.63, 3.8) is 0 Å². The SMILES string of the molecule is COCCOCCS(=O)(=O)CCC(=O)O. The van der Waals surface area contributed by atoms with E-state index in [1.165, 1.54) is 7.11 Å². The summed E-state index contributed by atoms with van der Waals surface area (Å²) in [5.41, 5.74) is 0. The largest absolute Gasteiger partial charge is 0.481 e. The lowest BCUT2D eigenvalue weighted by molar-refractivity contribution is -0.136. The molecule has 0 spiro atoms. The third-order valence-corrected chi connectivity index (χ3v) is 3.21. The van der Waals surface area contributed by atoms with Crippen LogP contribution in [0.4, 0.5) is 0 Å². The van der Waals surface area contributed by atoms with Crippen molar-refractivity contribution in [3.05, 3.63) is 0 Å². The number of carboxylic acids is 1. The van der Waals surface area contributed by atoms with Gasteiger partial charge in [-0.05, 0) is 0 Å². The second-order valence-corrected chi connectivity index (χ2v) is 5.20. The molecule has 0 bridgehead atoms. The highest BCUT2D eigenvalue weighted by molar-refractivity contribution is 7.91. The van der Waals surface area contributed by atoms with Crippen molar-refractivity contribution in [1.29, 1.82) is 0 Å². The highest BCUT2D eigenvalue weighted by Gasteiger charge is 2.12. The van der Waals surface area contributed by atoms with Gasteiger partial charge >= 0.3 is 5.97 Å². The maximum atomic E-state index is 11.2. The monoisotopic (exact) mass is 240 g/mol. The van der Waals surface area contributed by atoms with Gasteiger partial charge in [-0.25, -0.2) is 8.42 Å². The first-order valence-electron chi connectivity index (χ1n) is 4.47. The molecule has 0 amide bonds. The molecule has 0 unspecified atom stereocenters. The summed E-state index contributed by atoms with van der Waals surface area (Å²) in [7, 11) is -1.79. The zero-order valence-corrected chi connectivity index (χ0v) is 9.46. The third-order valence-electron chi connectivity index (χ3n) is 1.60. The van der Waals surface area contributed by atoms with Crippen molar-refractivity contribution in [2.45, 2.75) is 6.42 Å². The molecule has 0 aliphatic rings. The Morgan fingerprint density at radius 2 is 1.87 bits per heavy atom. The van der Waals surface area contributed by atoms with Crippen LogP contribution >= 0.6 is 0 Å². The van der Waals surface area contributed by atoms with Crippen LogP contribution in [-0.4, -0.2) is 57.9 Å². The van der Waals surface area contributed by atoms with Gasteiger partial charge in [0.15, 0.2) is 9.84 Å². The smallest absolute Gasteiger partial charge is 0.304 e. The second kappa shape index (κ2) is 7.61. The maximum Gasteiger partial charge on any atom is 0.304 e. The van der Waals surface area contributed by atoms with Crippen LogP contribution in [0.5, 0.6) is 0 Å². The molecule has 15 heavy (non-hydrogen) atoms. The Morgan fingerprint density at radius 1 is 1.20 bits per heavy atom. The fraction of sp³-hybridized carbons (Fsp3) is 0.875. The summed E-state index contributed by atoms with van der Waals surface area (Å²) in [4.78, 5) is 10.1. The minimum Gasteiger partial charge on any atom is -0.481 e. The van der Waals surface area contributed by atoms with Gasteiger partial charge in [0, 0.05) is 7.11 Å². The van der Waals surface area contributed by atoms with Gasteiger partial charge in [-0.2, -0.15) is 0 Å². The summed E-state index contributed by atoms with van der Waals surface area (Å²) in [5.74, 6) is -1.60. The summed E-state index contributed by atoms with van der Waals surface area (Å²) < 4.78 is 32.1. The van der Waals surface area contributed by atoms with E-state index in [1.807, 2.05) is 0 Å². The van der Waals surface area contributed by atoms with Gasteiger partial charge in [0.2, 0.25) is 0 Å². The first-order chi connectivity index (χ1) is 6.98. The zero-order chi connectivity index (χ0) is 11.7. The molecule has 0 radical (unpaired) electrons. The average Bonchev–Trinajstić information content (AvgIpc) is 2.15. The quantitative estimate of drug-likeness (QED) is 0.548. The van der Waals surface area contributed by atoms with E-state index in [0.717, 1.165) is 0 Å². The lowest BCUT2D eigenvalue weighted by atomic mass is 10.5. The molecular formula is C8H16O6S. The van der Waals surface area contributed by atoms with Crippen LogP contribution in [0.2, 0.25) is 0 Å². The molecule has 0 fully saturated rings. The molecular weight excluding hydrogens is 224 g/mol. The molecule has 0 atom stereocenters. The van der Waals surface area contributed by atoms with E-state index in [2.05, 4.69) is 0 Å².